The Bertz CT molecular complexity index is 5460. The Hall–Kier alpha value is -11.9. The number of nitrogens with zero attached hydrogens (tertiary/aromatic N) is 9. The topological polar surface area (TPSA) is 92.1 Å². The SMILES string of the molecule is c1ccc(-c2nc(-c3ccccc3)nc(-c3cccc(-c4cccc5c6ccccc6n(-c6ccccc6-c6nc(-c7ccccc7)nc(-c7ccccc7-n7c8ccccc8c8c9c%10ccccc%10n(-c%10ccccc%10)c9ccc87)n6)c45)c3)n2)cc1. The lowest BCUT2D eigenvalue weighted by atomic mass is 9.99. The summed E-state index contributed by atoms with van der Waals surface area (Å²) in [4.78, 5) is 31.7. The fraction of sp³-hybridized carbons (Fsp3) is 0. The molecule has 0 amide bonds. The van der Waals surface area contributed by atoms with Crippen LogP contribution in [0.15, 0.2) is 297 Å². The zero-order valence-electron chi connectivity index (χ0n) is 46.8. The third kappa shape index (κ3) is 8.24. The molecule has 0 spiro atoms. The molecule has 17 rings (SSSR count). The maximum absolute atomic E-state index is 5.60. The van der Waals surface area contributed by atoms with Gasteiger partial charge in [-0.3, -0.25) is 0 Å². The van der Waals surface area contributed by atoms with Crippen molar-refractivity contribution >= 4 is 65.4 Å². The van der Waals surface area contributed by atoms with Gasteiger partial charge in [-0.05, 0) is 78.4 Å². The summed E-state index contributed by atoms with van der Waals surface area (Å²) in [5.41, 5.74) is 17.0. The summed E-state index contributed by atoms with van der Waals surface area (Å²) in [6.45, 7) is 0. The van der Waals surface area contributed by atoms with Crippen LogP contribution in [-0.4, -0.2) is 43.6 Å². The second kappa shape index (κ2) is 20.4. The Balaban J connectivity index is 0.858. The summed E-state index contributed by atoms with van der Waals surface area (Å²) in [7, 11) is 0. The van der Waals surface area contributed by atoms with E-state index in [1.807, 2.05) is 78.9 Å². The largest absolute Gasteiger partial charge is 0.309 e. The van der Waals surface area contributed by atoms with Crippen molar-refractivity contribution in [1.82, 2.24) is 43.6 Å². The third-order valence-corrected chi connectivity index (χ3v) is 16.8. The monoisotopic (exact) mass is 1110 g/mol. The van der Waals surface area contributed by atoms with Crippen molar-refractivity contribution in [2.24, 2.45) is 0 Å². The van der Waals surface area contributed by atoms with Crippen LogP contribution in [0, 0.1) is 0 Å². The van der Waals surface area contributed by atoms with Crippen LogP contribution in [0.2, 0.25) is 0 Å². The van der Waals surface area contributed by atoms with Gasteiger partial charge in [0.05, 0.1) is 44.5 Å². The van der Waals surface area contributed by atoms with Crippen molar-refractivity contribution in [2.75, 3.05) is 0 Å². The van der Waals surface area contributed by atoms with Crippen molar-refractivity contribution in [1.29, 1.82) is 0 Å². The van der Waals surface area contributed by atoms with Gasteiger partial charge in [0.25, 0.3) is 0 Å². The molecule has 0 unspecified atom stereocenters. The van der Waals surface area contributed by atoms with Gasteiger partial charge in [0.15, 0.2) is 34.9 Å². The lowest BCUT2D eigenvalue weighted by molar-refractivity contribution is 1.06. The first-order valence-electron chi connectivity index (χ1n) is 29.2. The molecule has 9 nitrogen and oxygen atoms in total. The molecule has 5 aromatic heterocycles. The summed E-state index contributed by atoms with van der Waals surface area (Å²) in [5, 5.41) is 7.01. The minimum absolute atomic E-state index is 0.547. The minimum Gasteiger partial charge on any atom is -0.309 e. The number of hydrogen-bond acceptors (Lipinski definition) is 6. The van der Waals surface area contributed by atoms with Crippen molar-refractivity contribution < 1.29 is 0 Å². The molecule has 0 aliphatic rings. The van der Waals surface area contributed by atoms with E-state index < -0.39 is 0 Å². The Morgan fingerprint density at radius 1 is 0.207 bits per heavy atom. The third-order valence-electron chi connectivity index (χ3n) is 16.8. The highest BCUT2D eigenvalue weighted by Crippen LogP contribution is 2.45. The quantitative estimate of drug-likeness (QED) is 0.135. The molecule has 0 bridgehead atoms. The highest BCUT2D eigenvalue weighted by atomic mass is 15.1. The van der Waals surface area contributed by atoms with Crippen LogP contribution in [-0.2, 0) is 0 Å². The molecule has 9 heteroatoms. The Labute approximate surface area is 500 Å². The first-order chi connectivity index (χ1) is 43.2. The molecule has 406 valence electrons. The second-order valence-corrected chi connectivity index (χ2v) is 21.8. The number of fused-ring (bicyclic) bond motifs is 10. The van der Waals surface area contributed by atoms with Gasteiger partial charge in [-0.1, -0.05) is 224 Å². The minimum atomic E-state index is 0.547. The van der Waals surface area contributed by atoms with Crippen molar-refractivity contribution in [3.05, 3.63) is 297 Å². The maximum Gasteiger partial charge on any atom is 0.166 e. The van der Waals surface area contributed by atoms with Crippen molar-refractivity contribution in [3.63, 3.8) is 0 Å². The number of para-hydroxylation sites is 7. The van der Waals surface area contributed by atoms with Gasteiger partial charge < -0.3 is 13.7 Å². The molecule has 12 aromatic carbocycles. The van der Waals surface area contributed by atoms with Gasteiger partial charge in [0.2, 0.25) is 0 Å². The van der Waals surface area contributed by atoms with Gasteiger partial charge in [-0.25, -0.2) is 29.9 Å². The molecular formula is C78H49N9. The molecule has 0 saturated heterocycles. The first kappa shape index (κ1) is 49.7. The molecule has 0 atom stereocenters. The van der Waals surface area contributed by atoms with Crippen LogP contribution in [0.25, 0.3) is 162 Å². The normalized spacial score (nSPS) is 11.7. The van der Waals surface area contributed by atoms with Crippen LogP contribution in [0.3, 0.4) is 0 Å². The molecule has 0 aliphatic heterocycles. The van der Waals surface area contributed by atoms with Crippen LogP contribution >= 0.6 is 0 Å². The van der Waals surface area contributed by atoms with E-state index in [2.05, 4.69) is 232 Å². The highest BCUT2D eigenvalue weighted by molar-refractivity contribution is 6.29. The molecular weight excluding hydrogens is 1060 g/mol. The summed E-state index contributed by atoms with van der Waals surface area (Å²) in [6, 6.07) is 104. The van der Waals surface area contributed by atoms with E-state index in [-0.39, 0.29) is 0 Å². The summed E-state index contributed by atoms with van der Waals surface area (Å²) in [5.74, 6) is 3.49. The molecule has 5 heterocycles. The average molecular weight is 1110 g/mol. The number of aromatic nitrogens is 9. The van der Waals surface area contributed by atoms with Crippen LogP contribution < -0.4 is 0 Å². The van der Waals surface area contributed by atoms with Gasteiger partial charge in [-0.15, -0.1) is 0 Å². The van der Waals surface area contributed by atoms with E-state index in [1.165, 1.54) is 16.2 Å². The van der Waals surface area contributed by atoms with Crippen molar-refractivity contribution in [2.45, 2.75) is 0 Å². The zero-order chi connectivity index (χ0) is 57.4. The molecule has 0 radical (unpaired) electrons. The average Bonchev–Trinajstić information content (AvgIpc) is 1.68. The van der Waals surface area contributed by atoms with E-state index >= 15 is 0 Å². The predicted molar refractivity (Wildman–Crippen MR) is 354 cm³/mol. The summed E-state index contributed by atoms with van der Waals surface area (Å²) >= 11 is 0. The second-order valence-electron chi connectivity index (χ2n) is 21.8. The van der Waals surface area contributed by atoms with Gasteiger partial charge in [-0.2, -0.15) is 0 Å². The Morgan fingerprint density at radius 2 is 0.563 bits per heavy atom. The molecule has 0 fully saturated rings. The van der Waals surface area contributed by atoms with E-state index in [0.29, 0.717) is 34.9 Å². The number of rotatable bonds is 10. The number of hydrogen-bond donors (Lipinski definition) is 0. The van der Waals surface area contributed by atoms with Gasteiger partial charge >= 0.3 is 0 Å². The maximum atomic E-state index is 5.60. The van der Waals surface area contributed by atoms with Gasteiger partial charge in [0, 0.05) is 76.9 Å². The van der Waals surface area contributed by atoms with Crippen molar-refractivity contribution in [3.8, 4) is 96.5 Å². The van der Waals surface area contributed by atoms with Gasteiger partial charge in [0.1, 0.15) is 0 Å². The van der Waals surface area contributed by atoms with E-state index in [9.17, 15) is 0 Å². The van der Waals surface area contributed by atoms with Crippen LogP contribution in [0.4, 0.5) is 0 Å². The fourth-order valence-electron chi connectivity index (χ4n) is 12.9. The smallest absolute Gasteiger partial charge is 0.166 e. The predicted octanol–water partition coefficient (Wildman–Crippen LogP) is 19.0. The molecule has 87 heavy (non-hydrogen) atoms. The Kier molecular flexibility index (Phi) is 11.7. The van der Waals surface area contributed by atoms with Crippen LogP contribution in [0.1, 0.15) is 0 Å². The Morgan fingerprint density at radius 3 is 1.13 bits per heavy atom. The molecule has 0 saturated carbocycles. The molecule has 0 N–H and O–H groups in total. The lowest BCUT2D eigenvalue weighted by Gasteiger charge is -2.17. The zero-order valence-corrected chi connectivity index (χ0v) is 46.8. The van der Waals surface area contributed by atoms with Crippen LogP contribution in [0.5, 0.6) is 0 Å². The summed E-state index contributed by atoms with van der Waals surface area (Å²) < 4.78 is 7.17. The van der Waals surface area contributed by atoms with E-state index in [1.54, 1.807) is 0 Å². The highest BCUT2D eigenvalue weighted by Gasteiger charge is 2.26. The number of benzene rings is 12. The fourth-order valence-corrected chi connectivity index (χ4v) is 12.9. The lowest BCUT2D eigenvalue weighted by Crippen LogP contribution is -2.05. The molecule has 17 aromatic rings. The van der Waals surface area contributed by atoms with E-state index in [0.717, 1.165) is 111 Å². The van der Waals surface area contributed by atoms with E-state index in [4.69, 9.17) is 29.9 Å². The standard InChI is InChI=1S/C78H49N9/c1-5-25-50(26-6-1)73-79-74(51-27-7-2-8-28-51)81-76(80-73)54-32-23-31-53(49-54)56-40-24-41-58-57-35-13-18-42-63(57)87(72(56)58)67-46-22-17-39-62(67)78-83-75(52-29-9-3-10-30-52)82-77(84-78)61-38-16-21-45-66(61)86-65-44-20-15-37-60(65)71-69(86)48-47-68-70(71)59-36-14-19-43-64(59)85(68)55-33-11-4-12-34-55/h1-49H. The first-order valence-corrected chi connectivity index (χ1v) is 29.2. The summed E-state index contributed by atoms with van der Waals surface area (Å²) in [6.07, 6.45) is 0. The molecule has 0 aliphatic carbocycles.